The summed E-state index contributed by atoms with van der Waals surface area (Å²) in [7, 11) is 1.65. The van der Waals surface area contributed by atoms with Gasteiger partial charge in [-0.25, -0.2) is 4.98 Å². The van der Waals surface area contributed by atoms with E-state index in [1.54, 1.807) is 18.4 Å². The zero-order valence-electron chi connectivity index (χ0n) is 9.75. The van der Waals surface area contributed by atoms with E-state index in [9.17, 15) is 0 Å². The molecule has 0 atom stereocenters. The van der Waals surface area contributed by atoms with Gasteiger partial charge in [-0.15, -0.1) is 11.3 Å². The number of hydrogen-bond acceptors (Lipinski definition) is 4. The fraction of sp³-hybridized carbons (Fsp3) is 0.0769. The van der Waals surface area contributed by atoms with Crippen LogP contribution < -0.4 is 4.74 Å². The summed E-state index contributed by atoms with van der Waals surface area (Å²) in [6.07, 6.45) is 0. The summed E-state index contributed by atoms with van der Waals surface area (Å²) in [5, 5.41) is 9.20. The van der Waals surface area contributed by atoms with E-state index in [4.69, 9.17) is 4.74 Å². The molecule has 3 aromatic rings. The van der Waals surface area contributed by atoms with Crippen LogP contribution in [-0.4, -0.2) is 22.3 Å². The molecule has 18 heavy (non-hydrogen) atoms. The SMILES string of the molecule is COc1cccc(-c2n[nH]c(-c3cccs3)n2)c1. The number of methoxy groups -OCH3 is 1. The van der Waals surface area contributed by atoms with Gasteiger partial charge in [0.15, 0.2) is 11.6 Å². The third-order valence-electron chi connectivity index (χ3n) is 2.57. The van der Waals surface area contributed by atoms with Crippen molar-refractivity contribution in [1.29, 1.82) is 0 Å². The summed E-state index contributed by atoms with van der Waals surface area (Å²) in [5.41, 5.74) is 0.938. The third kappa shape index (κ3) is 2.00. The van der Waals surface area contributed by atoms with Gasteiger partial charge >= 0.3 is 0 Å². The first-order valence-corrected chi connectivity index (χ1v) is 6.35. The number of nitrogens with one attached hydrogen (secondary N) is 1. The van der Waals surface area contributed by atoms with Gasteiger partial charge in [-0.1, -0.05) is 18.2 Å². The molecule has 0 saturated carbocycles. The summed E-state index contributed by atoms with van der Waals surface area (Å²) in [6, 6.07) is 11.7. The van der Waals surface area contributed by atoms with Gasteiger partial charge in [-0.05, 0) is 23.6 Å². The van der Waals surface area contributed by atoms with Crippen LogP contribution in [0.5, 0.6) is 5.75 Å². The second-order valence-electron chi connectivity index (χ2n) is 3.72. The van der Waals surface area contributed by atoms with Crippen LogP contribution in [0.2, 0.25) is 0 Å². The van der Waals surface area contributed by atoms with Crippen LogP contribution >= 0.6 is 11.3 Å². The third-order valence-corrected chi connectivity index (χ3v) is 3.44. The highest BCUT2D eigenvalue weighted by Gasteiger charge is 2.08. The van der Waals surface area contributed by atoms with Gasteiger partial charge in [0.05, 0.1) is 12.0 Å². The van der Waals surface area contributed by atoms with Gasteiger partial charge in [0, 0.05) is 5.56 Å². The molecule has 0 radical (unpaired) electrons. The Morgan fingerprint density at radius 1 is 1.22 bits per heavy atom. The second kappa shape index (κ2) is 4.62. The normalized spacial score (nSPS) is 10.5. The number of ether oxygens (including phenoxy) is 1. The molecular formula is C13H11N3OS. The lowest BCUT2D eigenvalue weighted by Gasteiger charge is -2.00. The molecule has 3 rings (SSSR count). The average molecular weight is 257 g/mol. The minimum absolute atomic E-state index is 0.678. The Bertz CT molecular complexity index is 646. The highest BCUT2D eigenvalue weighted by Crippen LogP contribution is 2.25. The highest BCUT2D eigenvalue weighted by atomic mass is 32.1. The molecule has 1 aromatic carbocycles. The Morgan fingerprint density at radius 3 is 2.94 bits per heavy atom. The number of aromatic nitrogens is 3. The zero-order chi connectivity index (χ0) is 12.4. The molecule has 2 heterocycles. The van der Waals surface area contributed by atoms with Gasteiger partial charge in [0.1, 0.15) is 5.75 Å². The fourth-order valence-electron chi connectivity index (χ4n) is 1.68. The van der Waals surface area contributed by atoms with E-state index in [1.165, 1.54) is 0 Å². The van der Waals surface area contributed by atoms with E-state index in [-0.39, 0.29) is 0 Å². The fourth-order valence-corrected chi connectivity index (χ4v) is 2.34. The molecule has 0 amide bonds. The topological polar surface area (TPSA) is 50.8 Å². The Hall–Kier alpha value is -2.14. The summed E-state index contributed by atoms with van der Waals surface area (Å²) in [6.45, 7) is 0. The van der Waals surface area contributed by atoms with Crippen LogP contribution in [-0.2, 0) is 0 Å². The maximum Gasteiger partial charge on any atom is 0.181 e. The van der Waals surface area contributed by atoms with E-state index in [1.807, 2.05) is 41.8 Å². The number of H-pyrrole nitrogens is 1. The molecule has 1 N–H and O–H groups in total. The van der Waals surface area contributed by atoms with E-state index >= 15 is 0 Å². The first-order chi connectivity index (χ1) is 8.86. The minimum atomic E-state index is 0.678. The number of rotatable bonds is 3. The molecule has 0 aliphatic rings. The first-order valence-electron chi connectivity index (χ1n) is 5.47. The molecule has 0 aliphatic heterocycles. The molecule has 2 aromatic heterocycles. The summed E-state index contributed by atoms with van der Waals surface area (Å²) >= 11 is 1.63. The Balaban J connectivity index is 1.97. The maximum atomic E-state index is 5.19. The Kier molecular flexibility index (Phi) is 2.82. The lowest BCUT2D eigenvalue weighted by Crippen LogP contribution is -1.85. The van der Waals surface area contributed by atoms with Crippen LogP contribution in [0.15, 0.2) is 41.8 Å². The number of benzene rings is 1. The van der Waals surface area contributed by atoms with Gasteiger partial charge in [0.2, 0.25) is 0 Å². The number of hydrogen-bond donors (Lipinski definition) is 1. The average Bonchev–Trinajstić information content (AvgIpc) is 3.09. The molecule has 0 fully saturated rings. The molecule has 0 spiro atoms. The van der Waals surface area contributed by atoms with Gasteiger partial charge < -0.3 is 4.74 Å². The van der Waals surface area contributed by atoms with Crippen molar-refractivity contribution >= 4 is 11.3 Å². The Labute approximate surface area is 108 Å². The van der Waals surface area contributed by atoms with Crippen LogP contribution in [0, 0.1) is 0 Å². The molecular weight excluding hydrogens is 246 g/mol. The maximum absolute atomic E-state index is 5.19. The van der Waals surface area contributed by atoms with Crippen LogP contribution in [0.1, 0.15) is 0 Å². The molecule has 90 valence electrons. The van der Waals surface area contributed by atoms with Crippen molar-refractivity contribution < 1.29 is 4.74 Å². The van der Waals surface area contributed by atoms with E-state index in [2.05, 4.69) is 15.2 Å². The van der Waals surface area contributed by atoms with Crippen molar-refractivity contribution in [3.63, 3.8) is 0 Å². The Morgan fingerprint density at radius 2 is 2.17 bits per heavy atom. The van der Waals surface area contributed by atoms with Gasteiger partial charge in [-0.2, -0.15) is 5.10 Å². The zero-order valence-corrected chi connectivity index (χ0v) is 10.6. The molecule has 5 heteroatoms. The number of thiophene rings is 1. The predicted molar refractivity (Wildman–Crippen MR) is 71.7 cm³/mol. The molecule has 0 unspecified atom stereocenters. The van der Waals surface area contributed by atoms with Gasteiger partial charge in [0.25, 0.3) is 0 Å². The highest BCUT2D eigenvalue weighted by molar-refractivity contribution is 7.13. The van der Waals surface area contributed by atoms with Crippen LogP contribution in [0.4, 0.5) is 0 Å². The number of nitrogens with zero attached hydrogens (tertiary/aromatic N) is 2. The van der Waals surface area contributed by atoms with Gasteiger partial charge in [-0.3, -0.25) is 5.10 Å². The van der Waals surface area contributed by atoms with Crippen molar-refractivity contribution in [2.24, 2.45) is 0 Å². The standard InChI is InChI=1S/C13H11N3OS/c1-17-10-5-2-4-9(8-10)12-14-13(16-15-12)11-6-3-7-18-11/h2-8H,1H3,(H,14,15,16). The van der Waals surface area contributed by atoms with E-state index in [0.29, 0.717) is 5.82 Å². The van der Waals surface area contributed by atoms with E-state index in [0.717, 1.165) is 22.0 Å². The van der Waals surface area contributed by atoms with Crippen molar-refractivity contribution in [2.45, 2.75) is 0 Å². The molecule has 0 saturated heterocycles. The monoisotopic (exact) mass is 257 g/mol. The quantitative estimate of drug-likeness (QED) is 0.783. The molecule has 0 aliphatic carbocycles. The summed E-state index contributed by atoms with van der Waals surface area (Å²) in [5.74, 6) is 2.27. The predicted octanol–water partition coefficient (Wildman–Crippen LogP) is 3.21. The minimum Gasteiger partial charge on any atom is -0.497 e. The van der Waals surface area contributed by atoms with Crippen LogP contribution in [0.3, 0.4) is 0 Å². The van der Waals surface area contributed by atoms with Crippen molar-refractivity contribution in [3.8, 4) is 27.8 Å². The molecule has 0 bridgehead atoms. The summed E-state index contributed by atoms with van der Waals surface area (Å²) < 4.78 is 5.19. The van der Waals surface area contributed by atoms with E-state index < -0.39 is 0 Å². The largest absolute Gasteiger partial charge is 0.497 e. The summed E-state index contributed by atoms with van der Waals surface area (Å²) in [4.78, 5) is 5.57. The molecule has 4 nitrogen and oxygen atoms in total. The van der Waals surface area contributed by atoms with Crippen LogP contribution in [0.25, 0.3) is 22.1 Å². The lowest BCUT2D eigenvalue weighted by molar-refractivity contribution is 0.415. The second-order valence-corrected chi connectivity index (χ2v) is 4.66. The van der Waals surface area contributed by atoms with Crippen molar-refractivity contribution in [2.75, 3.05) is 7.11 Å². The van der Waals surface area contributed by atoms with Crippen molar-refractivity contribution in [3.05, 3.63) is 41.8 Å². The first kappa shape index (κ1) is 11.0. The smallest absolute Gasteiger partial charge is 0.181 e. The lowest BCUT2D eigenvalue weighted by atomic mass is 10.2. The van der Waals surface area contributed by atoms with Crippen molar-refractivity contribution in [1.82, 2.24) is 15.2 Å². The number of aromatic amines is 1.